The van der Waals surface area contributed by atoms with E-state index in [1.54, 1.807) is 0 Å². The van der Waals surface area contributed by atoms with Gasteiger partial charge in [-0.25, -0.2) is 4.98 Å². The molecule has 0 fully saturated rings. The first kappa shape index (κ1) is 11.4. The van der Waals surface area contributed by atoms with Crippen molar-refractivity contribution in [1.82, 2.24) is 14.8 Å². The Balaban J connectivity index is 2.40. The highest BCUT2D eigenvalue weighted by molar-refractivity contribution is 5.95. The Labute approximate surface area is 110 Å². The van der Waals surface area contributed by atoms with Crippen molar-refractivity contribution >= 4 is 10.9 Å². The van der Waals surface area contributed by atoms with E-state index in [1.165, 1.54) is 0 Å². The number of hydrogen-bond donors (Lipinski definition) is 0. The van der Waals surface area contributed by atoms with Crippen molar-refractivity contribution in [3.63, 3.8) is 0 Å². The van der Waals surface area contributed by atoms with Gasteiger partial charge in [0.05, 0.1) is 11.7 Å². The van der Waals surface area contributed by atoms with Crippen LogP contribution >= 0.6 is 0 Å². The van der Waals surface area contributed by atoms with Gasteiger partial charge in [0.1, 0.15) is 11.8 Å². The molecule has 0 radical (unpaired) electrons. The molecule has 0 unspecified atom stereocenters. The van der Waals surface area contributed by atoms with Crippen LogP contribution in [0.5, 0.6) is 0 Å². The molecule has 2 aromatic heterocycles. The van der Waals surface area contributed by atoms with Gasteiger partial charge in [0.15, 0.2) is 0 Å². The maximum atomic E-state index is 9.11. The molecule has 2 heterocycles. The van der Waals surface area contributed by atoms with Crippen LogP contribution in [-0.2, 0) is 7.05 Å². The number of pyridine rings is 1. The number of fused-ring (bicyclic) bond motifs is 1. The van der Waals surface area contributed by atoms with Gasteiger partial charge in [0, 0.05) is 23.7 Å². The second-order valence-electron chi connectivity index (χ2n) is 4.45. The summed E-state index contributed by atoms with van der Waals surface area (Å²) in [6.45, 7) is 2.02. The molecule has 0 saturated carbocycles. The Morgan fingerprint density at radius 3 is 2.68 bits per heavy atom. The molecule has 92 valence electrons. The van der Waals surface area contributed by atoms with Crippen molar-refractivity contribution in [3.05, 3.63) is 47.9 Å². The number of aromatic nitrogens is 3. The standard InChI is InChI=1S/C15H12N4/c1-10-14(9-17-19(10)2)13-7-11(8-16)18-15-6-4-3-5-12(13)15/h3-7,9H,1-2H3. The second kappa shape index (κ2) is 4.21. The zero-order valence-electron chi connectivity index (χ0n) is 10.8. The summed E-state index contributed by atoms with van der Waals surface area (Å²) in [7, 11) is 1.91. The smallest absolute Gasteiger partial charge is 0.141 e. The molecule has 0 N–H and O–H groups in total. The minimum Gasteiger partial charge on any atom is -0.272 e. The Morgan fingerprint density at radius 1 is 1.21 bits per heavy atom. The molecule has 0 atom stereocenters. The molecule has 0 bridgehead atoms. The molecule has 0 saturated heterocycles. The summed E-state index contributed by atoms with van der Waals surface area (Å²) >= 11 is 0. The molecular formula is C15H12N4. The topological polar surface area (TPSA) is 54.5 Å². The quantitative estimate of drug-likeness (QED) is 0.665. The fraction of sp³-hybridized carbons (Fsp3) is 0.133. The van der Waals surface area contributed by atoms with Crippen LogP contribution < -0.4 is 0 Å². The van der Waals surface area contributed by atoms with E-state index in [0.717, 1.165) is 27.7 Å². The minimum atomic E-state index is 0.428. The molecular weight excluding hydrogens is 236 g/mol. The highest BCUT2D eigenvalue weighted by Crippen LogP contribution is 2.30. The summed E-state index contributed by atoms with van der Waals surface area (Å²) in [5, 5.41) is 14.4. The molecule has 19 heavy (non-hydrogen) atoms. The molecule has 0 spiro atoms. The molecule has 3 rings (SSSR count). The fourth-order valence-corrected chi connectivity index (χ4v) is 2.22. The molecule has 4 nitrogen and oxygen atoms in total. The van der Waals surface area contributed by atoms with Gasteiger partial charge in [0.2, 0.25) is 0 Å². The minimum absolute atomic E-state index is 0.428. The van der Waals surface area contributed by atoms with E-state index in [0.29, 0.717) is 5.69 Å². The predicted molar refractivity (Wildman–Crippen MR) is 73.4 cm³/mol. The lowest BCUT2D eigenvalue weighted by Crippen LogP contribution is -1.94. The van der Waals surface area contributed by atoms with Crippen molar-refractivity contribution in [2.45, 2.75) is 6.92 Å². The van der Waals surface area contributed by atoms with E-state index >= 15 is 0 Å². The molecule has 0 aliphatic rings. The van der Waals surface area contributed by atoms with Crippen molar-refractivity contribution < 1.29 is 0 Å². The molecule has 3 aromatic rings. The first-order chi connectivity index (χ1) is 9.20. The summed E-state index contributed by atoms with van der Waals surface area (Å²) in [5.41, 5.74) is 4.38. The lowest BCUT2D eigenvalue weighted by Gasteiger charge is -2.06. The third kappa shape index (κ3) is 1.76. The van der Waals surface area contributed by atoms with E-state index in [9.17, 15) is 0 Å². The van der Waals surface area contributed by atoms with Crippen LogP contribution in [0.3, 0.4) is 0 Å². The Kier molecular flexibility index (Phi) is 2.53. The zero-order chi connectivity index (χ0) is 13.4. The number of aryl methyl sites for hydroxylation is 1. The van der Waals surface area contributed by atoms with Gasteiger partial charge in [0.25, 0.3) is 0 Å². The number of nitriles is 1. The van der Waals surface area contributed by atoms with Gasteiger partial charge < -0.3 is 0 Å². The largest absolute Gasteiger partial charge is 0.272 e. The van der Waals surface area contributed by atoms with Crippen LogP contribution in [-0.4, -0.2) is 14.8 Å². The van der Waals surface area contributed by atoms with Gasteiger partial charge in [-0.05, 0) is 24.6 Å². The Morgan fingerprint density at radius 2 is 2.00 bits per heavy atom. The highest BCUT2D eigenvalue weighted by Gasteiger charge is 2.12. The van der Waals surface area contributed by atoms with Crippen molar-refractivity contribution in [1.29, 1.82) is 5.26 Å². The Bertz CT molecular complexity index is 809. The predicted octanol–water partition coefficient (Wildman–Crippen LogP) is 2.82. The molecule has 4 heteroatoms. The first-order valence-electron chi connectivity index (χ1n) is 5.99. The van der Waals surface area contributed by atoms with Crippen molar-refractivity contribution in [2.24, 2.45) is 7.05 Å². The molecule has 0 aliphatic heterocycles. The van der Waals surface area contributed by atoms with E-state index in [2.05, 4.69) is 16.2 Å². The van der Waals surface area contributed by atoms with Gasteiger partial charge in [-0.3, -0.25) is 4.68 Å². The third-order valence-corrected chi connectivity index (χ3v) is 3.36. The summed E-state index contributed by atoms with van der Waals surface area (Å²) < 4.78 is 1.83. The number of benzene rings is 1. The molecule has 1 aromatic carbocycles. The maximum absolute atomic E-state index is 9.11. The van der Waals surface area contributed by atoms with E-state index in [1.807, 2.05) is 55.2 Å². The van der Waals surface area contributed by atoms with E-state index < -0.39 is 0 Å². The number of para-hydroxylation sites is 1. The Hall–Kier alpha value is -2.67. The lowest BCUT2D eigenvalue weighted by atomic mass is 10.0. The van der Waals surface area contributed by atoms with Gasteiger partial charge in [-0.1, -0.05) is 18.2 Å². The zero-order valence-corrected chi connectivity index (χ0v) is 10.8. The van der Waals surface area contributed by atoms with Gasteiger partial charge in [-0.15, -0.1) is 0 Å². The normalized spacial score (nSPS) is 10.6. The van der Waals surface area contributed by atoms with Gasteiger partial charge in [-0.2, -0.15) is 10.4 Å². The number of rotatable bonds is 1. The van der Waals surface area contributed by atoms with Crippen molar-refractivity contribution in [2.75, 3.05) is 0 Å². The number of hydrogen-bond acceptors (Lipinski definition) is 3. The van der Waals surface area contributed by atoms with E-state index in [-0.39, 0.29) is 0 Å². The summed E-state index contributed by atoms with van der Waals surface area (Å²) in [6.07, 6.45) is 1.83. The summed E-state index contributed by atoms with van der Waals surface area (Å²) in [6, 6.07) is 11.8. The lowest BCUT2D eigenvalue weighted by molar-refractivity contribution is 0.740. The SMILES string of the molecule is Cc1c(-c2cc(C#N)nc3ccccc23)cnn1C. The van der Waals surface area contributed by atoms with Crippen LogP contribution in [0.1, 0.15) is 11.4 Å². The summed E-state index contributed by atoms with van der Waals surface area (Å²) in [4.78, 5) is 4.33. The highest BCUT2D eigenvalue weighted by atomic mass is 15.3. The summed E-state index contributed by atoms with van der Waals surface area (Å²) in [5.74, 6) is 0. The van der Waals surface area contributed by atoms with Crippen LogP contribution in [0.15, 0.2) is 36.5 Å². The molecule has 0 amide bonds. The maximum Gasteiger partial charge on any atom is 0.141 e. The molecule has 0 aliphatic carbocycles. The average molecular weight is 248 g/mol. The van der Waals surface area contributed by atoms with Crippen LogP contribution in [0.2, 0.25) is 0 Å². The van der Waals surface area contributed by atoms with Crippen molar-refractivity contribution in [3.8, 4) is 17.2 Å². The fourth-order valence-electron chi connectivity index (χ4n) is 2.22. The first-order valence-corrected chi connectivity index (χ1v) is 5.99. The monoisotopic (exact) mass is 248 g/mol. The van der Waals surface area contributed by atoms with Crippen LogP contribution in [0, 0.1) is 18.3 Å². The van der Waals surface area contributed by atoms with Gasteiger partial charge >= 0.3 is 0 Å². The number of nitrogens with zero attached hydrogens (tertiary/aromatic N) is 4. The van der Waals surface area contributed by atoms with E-state index in [4.69, 9.17) is 5.26 Å². The average Bonchev–Trinajstić information content (AvgIpc) is 2.78. The van der Waals surface area contributed by atoms with Crippen LogP contribution in [0.4, 0.5) is 0 Å². The van der Waals surface area contributed by atoms with Crippen LogP contribution in [0.25, 0.3) is 22.0 Å². The third-order valence-electron chi connectivity index (χ3n) is 3.36. The second-order valence-corrected chi connectivity index (χ2v) is 4.45.